The largest absolute Gasteiger partial charge is 0.455 e. The van der Waals surface area contributed by atoms with E-state index in [2.05, 4.69) is 20.0 Å². The van der Waals surface area contributed by atoms with Crippen LogP contribution < -0.4 is 5.32 Å². The van der Waals surface area contributed by atoms with Gasteiger partial charge in [-0.05, 0) is 6.42 Å². The molecule has 16 heavy (non-hydrogen) atoms. The van der Waals surface area contributed by atoms with E-state index in [1.165, 1.54) is 7.05 Å². The van der Waals surface area contributed by atoms with Gasteiger partial charge in [-0.1, -0.05) is 5.16 Å². The third kappa shape index (κ3) is 1.86. The molecule has 0 spiro atoms. The highest BCUT2D eigenvalue weighted by Gasteiger charge is 2.49. The zero-order valence-corrected chi connectivity index (χ0v) is 8.21. The molecule has 1 fully saturated rings. The Morgan fingerprint density at radius 2 is 2.25 bits per heavy atom. The summed E-state index contributed by atoms with van der Waals surface area (Å²) in [6.45, 7) is 0. The van der Waals surface area contributed by atoms with Gasteiger partial charge >= 0.3 is 6.18 Å². The number of carbonyl (C=O) groups is 1. The van der Waals surface area contributed by atoms with Gasteiger partial charge in [-0.25, -0.2) is 0 Å². The molecule has 0 radical (unpaired) electrons. The Kier molecular flexibility index (Phi) is 2.36. The van der Waals surface area contributed by atoms with Gasteiger partial charge in [-0.3, -0.25) is 4.79 Å². The second kappa shape index (κ2) is 3.46. The van der Waals surface area contributed by atoms with Crippen LogP contribution in [0.5, 0.6) is 0 Å². The summed E-state index contributed by atoms with van der Waals surface area (Å²) in [5.41, 5.74) is 0. The summed E-state index contributed by atoms with van der Waals surface area (Å²) >= 11 is 0. The Balaban J connectivity index is 2.08. The van der Waals surface area contributed by atoms with Crippen molar-refractivity contribution in [2.45, 2.75) is 18.5 Å². The molecule has 2 rings (SSSR count). The van der Waals surface area contributed by atoms with Crippen molar-refractivity contribution >= 4 is 5.91 Å². The van der Waals surface area contributed by atoms with E-state index in [4.69, 9.17) is 0 Å². The minimum absolute atomic E-state index is 0.124. The molecule has 0 aromatic carbocycles. The van der Waals surface area contributed by atoms with Gasteiger partial charge in [-0.15, -0.1) is 0 Å². The molecule has 2 atom stereocenters. The monoisotopic (exact) mass is 235 g/mol. The van der Waals surface area contributed by atoms with Crippen molar-refractivity contribution in [2.24, 2.45) is 5.92 Å². The van der Waals surface area contributed by atoms with Crippen LogP contribution in [-0.2, 0) is 11.0 Å². The average molecular weight is 235 g/mol. The number of aromatic nitrogens is 2. The zero-order valence-electron chi connectivity index (χ0n) is 8.21. The molecule has 1 N–H and O–H groups in total. The summed E-state index contributed by atoms with van der Waals surface area (Å²) in [5, 5.41) is 5.24. The second-order valence-corrected chi connectivity index (χ2v) is 3.52. The maximum atomic E-state index is 12.1. The van der Waals surface area contributed by atoms with E-state index in [0.717, 1.165) is 0 Å². The SMILES string of the molecule is CNC(=O)[C@@H]1C[C@@H]1c1nc(C(F)(F)F)no1. The highest BCUT2D eigenvalue weighted by molar-refractivity contribution is 5.82. The molecular formula is C8H8F3N3O2. The topological polar surface area (TPSA) is 68.0 Å². The molecule has 5 nitrogen and oxygen atoms in total. The Morgan fingerprint density at radius 3 is 2.75 bits per heavy atom. The molecule has 1 amide bonds. The van der Waals surface area contributed by atoms with E-state index in [1.54, 1.807) is 0 Å². The Morgan fingerprint density at radius 1 is 1.56 bits per heavy atom. The van der Waals surface area contributed by atoms with Gasteiger partial charge in [0.2, 0.25) is 11.8 Å². The van der Waals surface area contributed by atoms with Crippen LogP contribution in [0.1, 0.15) is 24.1 Å². The third-order valence-corrected chi connectivity index (χ3v) is 2.39. The van der Waals surface area contributed by atoms with Gasteiger partial charge in [0.25, 0.3) is 5.82 Å². The van der Waals surface area contributed by atoms with Crippen molar-refractivity contribution in [2.75, 3.05) is 7.05 Å². The quantitative estimate of drug-likeness (QED) is 0.828. The summed E-state index contributed by atoms with van der Waals surface area (Å²) in [5.74, 6) is -2.39. The lowest BCUT2D eigenvalue weighted by Gasteiger charge is -1.96. The van der Waals surface area contributed by atoms with Crippen LogP contribution in [0.3, 0.4) is 0 Å². The first-order valence-corrected chi connectivity index (χ1v) is 4.56. The minimum Gasteiger partial charge on any atom is -0.359 e. The molecule has 88 valence electrons. The fourth-order valence-electron chi connectivity index (χ4n) is 1.44. The van der Waals surface area contributed by atoms with E-state index < -0.39 is 12.0 Å². The molecule has 0 saturated heterocycles. The van der Waals surface area contributed by atoms with Crippen LogP contribution in [-0.4, -0.2) is 23.1 Å². The van der Waals surface area contributed by atoms with Crippen LogP contribution in [0.2, 0.25) is 0 Å². The number of hydrogen-bond acceptors (Lipinski definition) is 4. The Bertz CT molecular complexity index is 415. The summed E-state index contributed by atoms with van der Waals surface area (Å²) in [4.78, 5) is 14.4. The maximum Gasteiger partial charge on any atom is 0.455 e. The highest BCUT2D eigenvalue weighted by atomic mass is 19.4. The second-order valence-electron chi connectivity index (χ2n) is 3.52. The molecule has 1 aromatic heterocycles. The predicted octanol–water partition coefficient (Wildman–Crippen LogP) is 0.938. The number of carbonyl (C=O) groups excluding carboxylic acids is 1. The summed E-state index contributed by atoms with van der Waals surface area (Å²) in [6, 6.07) is 0. The smallest absolute Gasteiger partial charge is 0.359 e. The molecular weight excluding hydrogens is 227 g/mol. The number of rotatable bonds is 2. The van der Waals surface area contributed by atoms with Crippen molar-refractivity contribution in [1.82, 2.24) is 15.5 Å². The number of hydrogen-bond donors (Lipinski definition) is 1. The molecule has 1 saturated carbocycles. The van der Waals surface area contributed by atoms with Crippen LogP contribution >= 0.6 is 0 Å². The first-order chi connectivity index (χ1) is 7.43. The van der Waals surface area contributed by atoms with Crippen LogP contribution in [0.15, 0.2) is 4.52 Å². The lowest BCUT2D eigenvalue weighted by atomic mass is 10.3. The van der Waals surface area contributed by atoms with Crippen molar-refractivity contribution in [3.63, 3.8) is 0 Å². The third-order valence-electron chi connectivity index (χ3n) is 2.39. The lowest BCUT2D eigenvalue weighted by molar-refractivity contribution is -0.146. The number of amides is 1. The van der Waals surface area contributed by atoms with E-state index in [0.29, 0.717) is 6.42 Å². The normalized spacial score (nSPS) is 24.2. The molecule has 1 aromatic rings. The fraction of sp³-hybridized carbons (Fsp3) is 0.625. The van der Waals surface area contributed by atoms with E-state index in [1.807, 2.05) is 0 Å². The Labute approximate surface area is 88.0 Å². The van der Waals surface area contributed by atoms with Crippen molar-refractivity contribution in [1.29, 1.82) is 0 Å². The van der Waals surface area contributed by atoms with E-state index in [9.17, 15) is 18.0 Å². The standard InChI is InChI=1S/C8H8F3N3O2/c1-12-5(15)3-2-4(3)6-13-7(14-16-6)8(9,10)11/h3-4H,2H2,1H3,(H,12,15)/t3-,4+/m1/s1. The fourth-order valence-corrected chi connectivity index (χ4v) is 1.44. The van der Waals surface area contributed by atoms with Crippen molar-refractivity contribution in [3.05, 3.63) is 11.7 Å². The summed E-state index contributed by atoms with van der Waals surface area (Å²) in [7, 11) is 1.46. The molecule has 0 aliphatic heterocycles. The molecule has 8 heteroatoms. The van der Waals surface area contributed by atoms with Gasteiger partial charge in [0.15, 0.2) is 0 Å². The maximum absolute atomic E-state index is 12.1. The van der Waals surface area contributed by atoms with Crippen LogP contribution in [0.25, 0.3) is 0 Å². The van der Waals surface area contributed by atoms with Crippen molar-refractivity contribution < 1.29 is 22.5 Å². The minimum atomic E-state index is -4.61. The molecule has 1 heterocycles. The zero-order chi connectivity index (χ0) is 11.9. The van der Waals surface area contributed by atoms with Crippen LogP contribution in [0, 0.1) is 5.92 Å². The van der Waals surface area contributed by atoms with E-state index >= 15 is 0 Å². The van der Waals surface area contributed by atoms with E-state index in [-0.39, 0.29) is 23.6 Å². The van der Waals surface area contributed by atoms with Crippen LogP contribution in [0.4, 0.5) is 13.2 Å². The number of nitrogens with one attached hydrogen (secondary N) is 1. The molecule has 0 unspecified atom stereocenters. The summed E-state index contributed by atoms with van der Waals surface area (Å²) < 4.78 is 40.9. The first kappa shape index (κ1) is 10.9. The summed E-state index contributed by atoms with van der Waals surface area (Å²) in [6.07, 6.45) is -4.17. The lowest BCUT2D eigenvalue weighted by Crippen LogP contribution is -2.20. The van der Waals surface area contributed by atoms with Gasteiger partial charge in [0.1, 0.15) is 0 Å². The van der Waals surface area contributed by atoms with Gasteiger partial charge in [-0.2, -0.15) is 18.2 Å². The average Bonchev–Trinajstić information content (AvgIpc) is 2.84. The number of halogens is 3. The molecule has 1 aliphatic rings. The first-order valence-electron chi connectivity index (χ1n) is 4.56. The van der Waals surface area contributed by atoms with Gasteiger partial charge in [0, 0.05) is 7.05 Å². The molecule has 0 bridgehead atoms. The predicted molar refractivity (Wildman–Crippen MR) is 44.2 cm³/mol. The van der Waals surface area contributed by atoms with Gasteiger partial charge < -0.3 is 9.84 Å². The molecule has 1 aliphatic carbocycles. The number of nitrogens with zero attached hydrogens (tertiary/aromatic N) is 2. The highest BCUT2D eigenvalue weighted by Crippen LogP contribution is 2.47. The number of alkyl halides is 3. The van der Waals surface area contributed by atoms with Crippen molar-refractivity contribution in [3.8, 4) is 0 Å². The Hall–Kier alpha value is -1.60. The van der Waals surface area contributed by atoms with Gasteiger partial charge in [0.05, 0.1) is 11.8 Å².